The number of amides is 2. The Morgan fingerprint density at radius 3 is 2.41 bits per heavy atom. The van der Waals surface area contributed by atoms with E-state index in [9.17, 15) is 9.59 Å². The van der Waals surface area contributed by atoms with Crippen LogP contribution in [0.2, 0.25) is 0 Å². The molecule has 0 atom stereocenters. The van der Waals surface area contributed by atoms with Crippen LogP contribution in [0.5, 0.6) is 0 Å². The van der Waals surface area contributed by atoms with E-state index in [1.807, 2.05) is 61.2 Å². The number of benzene rings is 2. The molecular weight excluding hydrogens is 338 g/mol. The molecule has 1 aliphatic heterocycles. The van der Waals surface area contributed by atoms with E-state index in [1.54, 1.807) is 0 Å². The van der Waals surface area contributed by atoms with Crippen molar-refractivity contribution in [1.29, 1.82) is 0 Å². The highest BCUT2D eigenvalue weighted by molar-refractivity contribution is 6.02. The highest BCUT2D eigenvalue weighted by atomic mass is 16.2. The number of carbonyl (C=O) groups is 2. The third-order valence-electron chi connectivity index (χ3n) is 5.44. The molecule has 1 heterocycles. The van der Waals surface area contributed by atoms with Crippen LogP contribution in [0.1, 0.15) is 26.7 Å². The second-order valence-electron chi connectivity index (χ2n) is 7.14. The summed E-state index contributed by atoms with van der Waals surface area (Å²) < 4.78 is 0. The van der Waals surface area contributed by atoms with E-state index < -0.39 is 0 Å². The Morgan fingerprint density at radius 2 is 1.70 bits per heavy atom. The van der Waals surface area contributed by atoms with Gasteiger partial charge in [0.2, 0.25) is 11.8 Å². The molecule has 0 bridgehead atoms. The van der Waals surface area contributed by atoms with Crippen LogP contribution >= 0.6 is 0 Å². The minimum atomic E-state index is -0.000118. The quantitative estimate of drug-likeness (QED) is 0.852. The molecular formula is C22H29N3O2. The van der Waals surface area contributed by atoms with Gasteiger partial charge in [0.15, 0.2) is 0 Å². The lowest BCUT2D eigenvalue weighted by Crippen LogP contribution is -2.44. The van der Waals surface area contributed by atoms with Gasteiger partial charge in [0.25, 0.3) is 0 Å². The number of rotatable bonds is 6. The van der Waals surface area contributed by atoms with Crippen molar-refractivity contribution in [2.75, 3.05) is 38.0 Å². The lowest BCUT2D eigenvalue weighted by molar-refractivity contribution is -0.136. The van der Waals surface area contributed by atoms with E-state index in [0.717, 1.165) is 55.5 Å². The summed E-state index contributed by atoms with van der Waals surface area (Å²) in [4.78, 5) is 29.1. The fourth-order valence-corrected chi connectivity index (χ4v) is 3.86. The van der Waals surface area contributed by atoms with Crippen LogP contribution in [0.3, 0.4) is 0 Å². The standard InChI is InChI=1S/C22H29N3O2/c1-3-25(4-2)22(27)18-12-14-24(15-13-18)16-21(26)23-20-11-7-9-17-8-5-6-10-19(17)20/h5-11,18H,3-4,12-16H2,1-2H3,(H,23,26). The largest absolute Gasteiger partial charge is 0.343 e. The first-order valence-electron chi connectivity index (χ1n) is 9.91. The molecule has 27 heavy (non-hydrogen) atoms. The van der Waals surface area contributed by atoms with Crippen LogP contribution in [0.15, 0.2) is 42.5 Å². The van der Waals surface area contributed by atoms with Crippen molar-refractivity contribution in [2.45, 2.75) is 26.7 Å². The van der Waals surface area contributed by atoms with Gasteiger partial charge in [-0.25, -0.2) is 0 Å². The summed E-state index contributed by atoms with van der Waals surface area (Å²) in [5.41, 5.74) is 0.852. The van der Waals surface area contributed by atoms with Gasteiger partial charge < -0.3 is 10.2 Å². The summed E-state index contributed by atoms with van der Waals surface area (Å²) in [5, 5.41) is 5.22. The molecule has 1 fully saturated rings. The molecule has 5 nitrogen and oxygen atoms in total. The van der Waals surface area contributed by atoms with Crippen LogP contribution in [0.25, 0.3) is 10.8 Å². The first-order chi connectivity index (χ1) is 13.1. The van der Waals surface area contributed by atoms with E-state index in [1.165, 1.54) is 0 Å². The zero-order valence-electron chi connectivity index (χ0n) is 16.3. The molecule has 144 valence electrons. The van der Waals surface area contributed by atoms with Crippen molar-refractivity contribution in [3.05, 3.63) is 42.5 Å². The summed E-state index contributed by atoms with van der Waals surface area (Å²) in [5.74, 6) is 0.363. The number of piperidine rings is 1. The molecule has 0 unspecified atom stereocenters. The Bertz CT molecular complexity index is 788. The molecule has 0 aliphatic carbocycles. The Labute approximate surface area is 161 Å². The maximum Gasteiger partial charge on any atom is 0.238 e. The van der Waals surface area contributed by atoms with Gasteiger partial charge in [-0.3, -0.25) is 14.5 Å². The number of fused-ring (bicyclic) bond motifs is 1. The summed E-state index contributed by atoms with van der Waals surface area (Å²) in [6, 6.07) is 14.0. The van der Waals surface area contributed by atoms with Gasteiger partial charge in [0, 0.05) is 30.1 Å². The van der Waals surface area contributed by atoms with Gasteiger partial charge in [-0.05, 0) is 51.2 Å². The average molecular weight is 367 g/mol. The third kappa shape index (κ3) is 4.66. The molecule has 1 N–H and O–H groups in total. The van der Waals surface area contributed by atoms with Gasteiger partial charge in [-0.15, -0.1) is 0 Å². The molecule has 0 radical (unpaired) electrons. The molecule has 0 saturated carbocycles. The van der Waals surface area contributed by atoms with Gasteiger partial charge in [-0.1, -0.05) is 36.4 Å². The monoisotopic (exact) mass is 367 g/mol. The maximum absolute atomic E-state index is 12.5. The topological polar surface area (TPSA) is 52.7 Å². The summed E-state index contributed by atoms with van der Waals surface area (Å²) >= 11 is 0. The number of hydrogen-bond acceptors (Lipinski definition) is 3. The van der Waals surface area contributed by atoms with Gasteiger partial charge in [0.1, 0.15) is 0 Å². The highest BCUT2D eigenvalue weighted by Crippen LogP contribution is 2.23. The normalized spacial score (nSPS) is 15.6. The molecule has 2 aromatic rings. The zero-order chi connectivity index (χ0) is 19.2. The molecule has 2 amide bonds. The predicted octanol–water partition coefficient (Wildman–Crippen LogP) is 3.36. The van der Waals surface area contributed by atoms with Gasteiger partial charge >= 0.3 is 0 Å². The van der Waals surface area contributed by atoms with Crippen molar-refractivity contribution in [3.8, 4) is 0 Å². The van der Waals surface area contributed by atoms with Crippen LogP contribution in [-0.4, -0.2) is 54.3 Å². The Hall–Kier alpha value is -2.40. The maximum atomic E-state index is 12.5. The van der Waals surface area contributed by atoms with Crippen LogP contribution in [0, 0.1) is 5.92 Å². The number of hydrogen-bond donors (Lipinski definition) is 1. The van der Waals surface area contributed by atoms with Crippen molar-refractivity contribution >= 4 is 28.3 Å². The third-order valence-corrected chi connectivity index (χ3v) is 5.44. The van der Waals surface area contributed by atoms with E-state index in [4.69, 9.17) is 0 Å². The van der Waals surface area contributed by atoms with Crippen LogP contribution < -0.4 is 5.32 Å². The zero-order valence-corrected chi connectivity index (χ0v) is 16.3. The second-order valence-corrected chi connectivity index (χ2v) is 7.14. The average Bonchev–Trinajstić information content (AvgIpc) is 2.69. The molecule has 1 aliphatic rings. The predicted molar refractivity (Wildman–Crippen MR) is 110 cm³/mol. The summed E-state index contributed by atoms with van der Waals surface area (Å²) in [6.07, 6.45) is 1.66. The number of anilines is 1. The van der Waals surface area contributed by atoms with Crippen molar-refractivity contribution in [1.82, 2.24) is 9.80 Å². The minimum Gasteiger partial charge on any atom is -0.343 e. The number of likely N-dealkylation sites (tertiary alicyclic amines) is 1. The first kappa shape index (κ1) is 19.4. The molecule has 3 rings (SSSR count). The molecule has 1 saturated heterocycles. The lowest BCUT2D eigenvalue weighted by Gasteiger charge is -2.33. The van der Waals surface area contributed by atoms with E-state index in [-0.39, 0.29) is 17.7 Å². The first-order valence-corrected chi connectivity index (χ1v) is 9.91. The van der Waals surface area contributed by atoms with Crippen molar-refractivity contribution in [3.63, 3.8) is 0 Å². The van der Waals surface area contributed by atoms with Gasteiger partial charge in [-0.2, -0.15) is 0 Å². The molecule has 0 aromatic heterocycles. The van der Waals surface area contributed by atoms with Gasteiger partial charge in [0.05, 0.1) is 6.54 Å². The number of carbonyl (C=O) groups excluding carboxylic acids is 2. The number of nitrogens with one attached hydrogen (secondary N) is 1. The summed E-state index contributed by atoms with van der Waals surface area (Å²) in [6.45, 7) is 7.53. The summed E-state index contributed by atoms with van der Waals surface area (Å²) in [7, 11) is 0. The minimum absolute atomic E-state index is 0.000118. The Morgan fingerprint density at radius 1 is 1.04 bits per heavy atom. The lowest BCUT2D eigenvalue weighted by atomic mass is 9.95. The Balaban J connectivity index is 1.53. The molecule has 2 aromatic carbocycles. The number of nitrogens with zero attached hydrogens (tertiary/aromatic N) is 2. The van der Waals surface area contributed by atoms with Crippen molar-refractivity contribution in [2.24, 2.45) is 5.92 Å². The molecule has 0 spiro atoms. The fourth-order valence-electron chi connectivity index (χ4n) is 3.86. The second kappa shape index (κ2) is 9.00. The smallest absolute Gasteiger partial charge is 0.238 e. The molecule has 5 heteroatoms. The van der Waals surface area contributed by atoms with Crippen molar-refractivity contribution < 1.29 is 9.59 Å². The van der Waals surface area contributed by atoms with E-state index >= 15 is 0 Å². The van der Waals surface area contributed by atoms with Crippen LogP contribution in [-0.2, 0) is 9.59 Å². The fraction of sp³-hybridized carbons (Fsp3) is 0.455. The van der Waals surface area contributed by atoms with E-state index in [2.05, 4.69) is 10.2 Å². The van der Waals surface area contributed by atoms with Crippen LogP contribution in [0.4, 0.5) is 5.69 Å². The van der Waals surface area contributed by atoms with E-state index in [0.29, 0.717) is 6.54 Å². The highest BCUT2D eigenvalue weighted by Gasteiger charge is 2.28. The Kier molecular flexibility index (Phi) is 6.45. The SMILES string of the molecule is CCN(CC)C(=O)C1CCN(CC(=O)Nc2cccc3ccccc23)CC1.